The van der Waals surface area contributed by atoms with Gasteiger partial charge in [-0.25, -0.2) is 4.79 Å². The van der Waals surface area contributed by atoms with Gasteiger partial charge in [-0.1, -0.05) is 6.07 Å². The first-order chi connectivity index (χ1) is 11.6. The number of hydrogen-bond acceptors (Lipinski definition) is 6. The Morgan fingerprint density at radius 3 is 2.79 bits per heavy atom. The summed E-state index contributed by atoms with van der Waals surface area (Å²) in [5.74, 6) is 0.180. The molecule has 3 rings (SSSR count). The third-order valence-electron chi connectivity index (χ3n) is 3.46. The van der Waals surface area contributed by atoms with Gasteiger partial charge in [-0.05, 0) is 36.6 Å². The standard InChI is InChI=1S/C17H17NO5S/c1-11(15-3-2-8-24-15)18-16(19)10-23-17(20)12-4-5-13-14(9-12)22-7-6-21-13/h2-5,8-9,11H,6-7,10H2,1H3,(H,18,19)/t11-/m1/s1. The molecular weight excluding hydrogens is 330 g/mol. The molecule has 0 saturated heterocycles. The number of ether oxygens (including phenoxy) is 3. The van der Waals surface area contributed by atoms with Gasteiger partial charge >= 0.3 is 5.97 Å². The highest BCUT2D eigenvalue weighted by Gasteiger charge is 2.17. The van der Waals surface area contributed by atoms with E-state index in [9.17, 15) is 9.59 Å². The van der Waals surface area contributed by atoms with Crippen molar-refractivity contribution in [1.29, 1.82) is 0 Å². The van der Waals surface area contributed by atoms with Crippen LogP contribution in [0.5, 0.6) is 11.5 Å². The molecule has 1 aliphatic rings. The molecule has 1 N–H and O–H groups in total. The minimum absolute atomic E-state index is 0.120. The number of carbonyl (C=O) groups is 2. The number of esters is 1. The third-order valence-corrected chi connectivity index (χ3v) is 4.51. The maximum Gasteiger partial charge on any atom is 0.338 e. The summed E-state index contributed by atoms with van der Waals surface area (Å²) >= 11 is 1.56. The molecule has 126 valence electrons. The van der Waals surface area contributed by atoms with E-state index in [0.29, 0.717) is 30.3 Å². The Labute approximate surface area is 143 Å². The number of fused-ring (bicyclic) bond motifs is 1. The van der Waals surface area contributed by atoms with Crippen LogP contribution in [0.25, 0.3) is 0 Å². The molecule has 2 aromatic rings. The van der Waals surface area contributed by atoms with E-state index in [0.717, 1.165) is 4.88 Å². The van der Waals surface area contributed by atoms with Crippen LogP contribution >= 0.6 is 11.3 Å². The van der Waals surface area contributed by atoms with Crippen LogP contribution < -0.4 is 14.8 Å². The fraction of sp³-hybridized carbons (Fsp3) is 0.294. The summed E-state index contributed by atoms with van der Waals surface area (Å²) < 4.78 is 15.9. The third kappa shape index (κ3) is 3.86. The van der Waals surface area contributed by atoms with Crippen molar-refractivity contribution >= 4 is 23.2 Å². The molecule has 0 unspecified atom stereocenters. The Bertz CT molecular complexity index is 729. The second-order valence-corrected chi connectivity index (χ2v) is 6.22. The van der Waals surface area contributed by atoms with E-state index >= 15 is 0 Å². The van der Waals surface area contributed by atoms with E-state index in [1.165, 1.54) is 0 Å². The number of rotatable bonds is 5. The van der Waals surface area contributed by atoms with Gasteiger partial charge in [-0.15, -0.1) is 11.3 Å². The van der Waals surface area contributed by atoms with Crippen molar-refractivity contribution in [2.75, 3.05) is 19.8 Å². The summed E-state index contributed by atoms with van der Waals surface area (Å²) in [6.45, 7) is 2.48. The second kappa shape index (κ2) is 7.35. The molecule has 0 bridgehead atoms. The Hall–Kier alpha value is -2.54. The zero-order valence-electron chi connectivity index (χ0n) is 13.1. The smallest absolute Gasteiger partial charge is 0.338 e. The highest BCUT2D eigenvalue weighted by Crippen LogP contribution is 2.30. The van der Waals surface area contributed by atoms with Crippen LogP contribution in [0, 0.1) is 0 Å². The van der Waals surface area contributed by atoms with E-state index in [4.69, 9.17) is 14.2 Å². The topological polar surface area (TPSA) is 73.9 Å². The number of thiophene rings is 1. The Kier molecular flexibility index (Phi) is 5.00. The maximum absolute atomic E-state index is 12.1. The largest absolute Gasteiger partial charge is 0.486 e. The number of carbonyl (C=O) groups excluding carboxylic acids is 2. The molecule has 24 heavy (non-hydrogen) atoms. The molecule has 0 fully saturated rings. The predicted octanol–water partition coefficient (Wildman–Crippen LogP) is 2.55. The van der Waals surface area contributed by atoms with Gasteiger partial charge in [0.1, 0.15) is 13.2 Å². The highest BCUT2D eigenvalue weighted by molar-refractivity contribution is 7.10. The van der Waals surface area contributed by atoms with Crippen LogP contribution in [-0.4, -0.2) is 31.7 Å². The van der Waals surface area contributed by atoms with E-state index in [1.807, 2.05) is 24.4 Å². The zero-order chi connectivity index (χ0) is 16.9. The fourth-order valence-electron chi connectivity index (χ4n) is 2.28. The molecule has 7 heteroatoms. The van der Waals surface area contributed by atoms with Crippen LogP contribution in [0.3, 0.4) is 0 Å². The molecule has 0 saturated carbocycles. The number of nitrogens with one attached hydrogen (secondary N) is 1. The van der Waals surface area contributed by atoms with Crippen LogP contribution in [0.2, 0.25) is 0 Å². The number of amides is 1. The lowest BCUT2D eigenvalue weighted by molar-refractivity contribution is -0.124. The summed E-state index contributed by atoms with van der Waals surface area (Å²) in [7, 11) is 0. The molecule has 1 atom stereocenters. The van der Waals surface area contributed by atoms with Crippen molar-refractivity contribution in [3.05, 3.63) is 46.2 Å². The summed E-state index contributed by atoms with van der Waals surface area (Å²) in [4.78, 5) is 25.0. The van der Waals surface area contributed by atoms with E-state index in [2.05, 4.69) is 5.32 Å². The lowest BCUT2D eigenvalue weighted by Crippen LogP contribution is -2.30. The van der Waals surface area contributed by atoms with Crippen molar-refractivity contribution in [2.45, 2.75) is 13.0 Å². The van der Waals surface area contributed by atoms with E-state index in [-0.39, 0.29) is 18.6 Å². The number of hydrogen-bond donors (Lipinski definition) is 1. The average Bonchev–Trinajstić information content (AvgIpc) is 3.14. The van der Waals surface area contributed by atoms with Crippen molar-refractivity contribution < 1.29 is 23.8 Å². The van der Waals surface area contributed by atoms with Gasteiger partial charge in [0.15, 0.2) is 18.1 Å². The summed E-state index contributed by atoms with van der Waals surface area (Å²) in [5, 5.41) is 4.73. The molecule has 0 spiro atoms. The maximum atomic E-state index is 12.1. The van der Waals surface area contributed by atoms with Crippen LogP contribution in [0.4, 0.5) is 0 Å². The Balaban J connectivity index is 1.52. The normalized spacial score (nSPS) is 13.9. The van der Waals surface area contributed by atoms with Crippen LogP contribution in [0.1, 0.15) is 28.2 Å². The molecule has 2 heterocycles. The first-order valence-electron chi connectivity index (χ1n) is 7.53. The Morgan fingerprint density at radius 1 is 1.25 bits per heavy atom. The Morgan fingerprint density at radius 2 is 2.04 bits per heavy atom. The van der Waals surface area contributed by atoms with Gasteiger partial charge in [0, 0.05) is 4.88 Å². The average molecular weight is 347 g/mol. The molecule has 1 aromatic heterocycles. The first-order valence-corrected chi connectivity index (χ1v) is 8.41. The van der Waals surface area contributed by atoms with Crippen molar-refractivity contribution in [1.82, 2.24) is 5.32 Å². The SMILES string of the molecule is C[C@@H](NC(=O)COC(=O)c1ccc2c(c1)OCCO2)c1cccs1. The van der Waals surface area contributed by atoms with Gasteiger partial charge < -0.3 is 19.5 Å². The van der Waals surface area contributed by atoms with Crippen LogP contribution in [-0.2, 0) is 9.53 Å². The highest BCUT2D eigenvalue weighted by atomic mass is 32.1. The molecule has 6 nitrogen and oxygen atoms in total. The van der Waals surface area contributed by atoms with Gasteiger partial charge in [-0.2, -0.15) is 0 Å². The molecule has 0 aliphatic carbocycles. The lowest BCUT2D eigenvalue weighted by Gasteiger charge is -2.18. The van der Waals surface area contributed by atoms with E-state index in [1.54, 1.807) is 29.5 Å². The predicted molar refractivity (Wildman–Crippen MR) is 88.6 cm³/mol. The second-order valence-electron chi connectivity index (χ2n) is 5.24. The van der Waals surface area contributed by atoms with E-state index < -0.39 is 5.97 Å². The molecule has 0 radical (unpaired) electrons. The fourth-order valence-corrected chi connectivity index (χ4v) is 3.01. The monoisotopic (exact) mass is 347 g/mol. The first kappa shape index (κ1) is 16.3. The van der Waals surface area contributed by atoms with Gasteiger partial charge in [0.25, 0.3) is 5.91 Å². The minimum atomic E-state index is -0.578. The molecule has 1 amide bonds. The van der Waals surface area contributed by atoms with Crippen molar-refractivity contribution in [3.8, 4) is 11.5 Å². The lowest BCUT2D eigenvalue weighted by atomic mass is 10.2. The summed E-state index contributed by atoms with van der Waals surface area (Å²) in [5.41, 5.74) is 0.318. The van der Waals surface area contributed by atoms with Gasteiger partial charge in [0.05, 0.1) is 11.6 Å². The quantitative estimate of drug-likeness (QED) is 0.842. The minimum Gasteiger partial charge on any atom is -0.486 e. The summed E-state index contributed by atoms with van der Waals surface area (Å²) in [6, 6.07) is 8.54. The summed E-state index contributed by atoms with van der Waals surface area (Å²) in [6.07, 6.45) is 0. The molecule has 1 aliphatic heterocycles. The van der Waals surface area contributed by atoms with Crippen molar-refractivity contribution in [3.63, 3.8) is 0 Å². The van der Waals surface area contributed by atoms with Gasteiger partial charge in [0.2, 0.25) is 0 Å². The number of benzene rings is 1. The van der Waals surface area contributed by atoms with Crippen LogP contribution in [0.15, 0.2) is 35.7 Å². The molecular formula is C17H17NO5S. The van der Waals surface area contributed by atoms with Crippen molar-refractivity contribution in [2.24, 2.45) is 0 Å². The molecule has 1 aromatic carbocycles. The zero-order valence-corrected chi connectivity index (χ0v) is 13.9. The van der Waals surface area contributed by atoms with Gasteiger partial charge in [-0.3, -0.25) is 4.79 Å².